The topological polar surface area (TPSA) is 23.5 Å². The minimum absolute atomic E-state index is 0.0242. The van der Waals surface area contributed by atoms with Gasteiger partial charge in [0.05, 0.1) is 0 Å². The zero-order chi connectivity index (χ0) is 13.4. The molecule has 0 spiro atoms. The first-order valence-corrected chi connectivity index (χ1v) is 6.12. The van der Waals surface area contributed by atoms with E-state index in [4.69, 9.17) is 0 Å². The van der Waals surface area contributed by atoms with Gasteiger partial charge in [0.25, 0.3) is 0 Å². The Morgan fingerprint density at radius 3 is 2.06 bits per heavy atom. The second kappa shape index (κ2) is 4.69. The van der Waals surface area contributed by atoms with Crippen LogP contribution in [-0.2, 0) is 12.0 Å². The molecule has 17 heavy (non-hydrogen) atoms. The maximum atomic E-state index is 10.3. The molecule has 2 heteroatoms. The fourth-order valence-corrected chi connectivity index (χ4v) is 2.05. The molecule has 0 radical (unpaired) electrons. The van der Waals surface area contributed by atoms with Crippen LogP contribution in [0.2, 0.25) is 0 Å². The van der Waals surface area contributed by atoms with Crippen molar-refractivity contribution in [1.82, 2.24) is 4.90 Å². The van der Waals surface area contributed by atoms with E-state index in [2.05, 4.69) is 52.8 Å². The average molecular weight is 235 g/mol. The summed E-state index contributed by atoms with van der Waals surface area (Å²) in [5.74, 6) is 0.456. The molecule has 0 heterocycles. The molecule has 0 saturated heterocycles. The van der Waals surface area contributed by atoms with E-state index in [1.54, 1.807) is 0 Å². The number of benzene rings is 1. The number of hydrogen-bond acceptors (Lipinski definition) is 2. The summed E-state index contributed by atoms with van der Waals surface area (Å²) in [4.78, 5) is 2.16. The Morgan fingerprint density at radius 1 is 1.12 bits per heavy atom. The standard InChI is InChI=1S/C15H25NO/c1-10-11(2)14(17)13(15(3,4)5)8-12(10)9-16(6)7/h8,17H,9H2,1-7H3. The van der Waals surface area contributed by atoms with Crippen molar-refractivity contribution in [3.8, 4) is 5.75 Å². The summed E-state index contributed by atoms with van der Waals surface area (Å²) >= 11 is 0. The van der Waals surface area contributed by atoms with Crippen LogP contribution in [0.5, 0.6) is 5.75 Å². The molecule has 1 N–H and O–H groups in total. The molecule has 1 aromatic rings. The van der Waals surface area contributed by atoms with E-state index in [0.717, 1.165) is 17.7 Å². The van der Waals surface area contributed by atoms with Crippen molar-refractivity contribution in [3.63, 3.8) is 0 Å². The highest BCUT2D eigenvalue weighted by atomic mass is 16.3. The predicted octanol–water partition coefficient (Wildman–Crippen LogP) is 3.37. The monoisotopic (exact) mass is 235 g/mol. The smallest absolute Gasteiger partial charge is 0.122 e. The van der Waals surface area contributed by atoms with Gasteiger partial charge in [-0.15, -0.1) is 0 Å². The summed E-state index contributed by atoms with van der Waals surface area (Å²) in [6, 6.07) is 2.15. The van der Waals surface area contributed by atoms with Gasteiger partial charge in [0.1, 0.15) is 5.75 Å². The summed E-state index contributed by atoms with van der Waals surface area (Å²) in [5, 5.41) is 10.3. The second-order valence-electron chi connectivity index (χ2n) is 6.17. The first-order valence-electron chi connectivity index (χ1n) is 6.12. The summed E-state index contributed by atoms with van der Waals surface area (Å²) < 4.78 is 0. The highest BCUT2D eigenvalue weighted by Crippen LogP contribution is 2.36. The lowest BCUT2D eigenvalue weighted by atomic mass is 9.82. The lowest BCUT2D eigenvalue weighted by Gasteiger charge is -2.25. The minimum atomic E-state index is -0.0242. The molecule has 2 nitrogen and oxygen atoms in total. The normalized spacial score (nSPS) is 12.2. The number of aromatic hydroxyl groups is 1. The van der Waals surface area contributed by atoms with Crippen molar-refractivity contribution >= 4 is 0 Å². The number of hydrogen-bond donors (Lipinski definition) is 1. The molecule has 0 fully saturated rings. The quantitative estimate of drug-likeness (QED) is 0.849. The summed E-state index contributed by atoms with van der Waals surface area (Å²) in [6.45, 7) is 11.4. The molecule has 0 aliphatic rings. The molecule has 0 bridgehead atoms. The molecule has 0 amide bonds. The van der Waals surface area contributed by atoms with Crippen LogP contribution >= 0.6 is 0 Å². The van der Waals surface area contributed by atoms with Crippen molar-refractivity contribution < 1.29 is 5.11 Å². The molecule has 96 valence electrons. The number of rotatable bonds is 2. The van der Waals surface area contributed by atoms with E-state index < -0.39 is 0 Å². The highest BCUT2D eigenvalue weighted by Gasteiger charge is 2.21. The van der Waals surface area contributed by atoms with Crippen molar-refractivity contribution in [2.24, 2.45) is 0 Å². The van der Waals surface area contributed by atoms with Crippen LogP contribution in [0.25, 0.3) is 0 Å². The number of nitrogens with zero attached hydrogens (tertiary/aromatic N) is 1. The molecule has 1 rings (SSSR count). The largest absolute Gasteiger partial charge is 0.507 e. The van der Waals surface area contributed by atoms with Crippen molar-refractivity contribution in [2.45, 2.75) is 46.6 Å². The maximum absolute atomic E-state index is 10.3. The Balaban J connectivity index is 3.39. The molecule has 0 aromatic heterocycles. The number of phenolic OH excluding ortho intramolecular Hbond substituents is 1. The van der Waals surface area contributed by atoms with E-state index >= 15 is 0 Å². The first kappa shape index (κ1) is 14.0. The third-order valence-corrected chi connectivity index (χ3v) is 3.27. The fourth-order valence-electron chi connectivity index (χ4n) is 2.05. The van der Waals surface area contributed by atoms with E-state index in [0.29, 0.717) is 5.75 Å². The van der Waals surface area contributed by atoms with Crippen molar-refractivity contribution in [3.05, 3.63) is 28.3 Å². The van der Waals surface area contributed by atoms with E-state index in [1.165, 1.54) is 11.1 Å². The lowest BCUT2D eigenvalue weighted by molar-refractivity contribution is 0.398. The van der Waals surface area contributed by atoms with Gasteiger partial charge in [-0.05, 0) is 55.6 Å². The third-order valence-electron chi connectivity index (χ3n) is 3.27. The van der Waals surface area contributed by atoms with E-state index in [9.17, 15) is 5.11 Å². The van der Waals surface area contributed by atoms with Crippen LogP contribution in [0, 0.1) is 13.8 Å². The molecule has 0 saturated carbocycles. The fraction of sp³-hybridized carbons (Fsp3) is 0.600. The summed E-state index contributed by atoms with van der Waals surface area (Å²) in [7, 11) is 4.14. The third kappa shape index (κ3) is 3.01. The zero-order valence-corrected chi connectivity index (χ0v) is 12.2. The van der Waals surface area contributed by atoms with Crippen LogP contribution in [0.15, 0.2) is 6.07 Å². The second-order valence-corrected chi connectivity index (χ2v) is 6.17. The van der Waals surface area contributed by atoms with Gasteiger partial charge in [0.2, 0.25) is 0 Å². The Hall–Kier alpha value is -1.02. The number of phenols is 1. The minimum Gasteiger partial charge on any atom is -0.507 e. The first-order chi connectivity index (χ1) is 7.64. The van der Waals surface area contributed by atoms with Gasteiger partial charge < -0.3 is 10.0 Å². The molecular formula is C15H25NO. The highest BCUT2D eigenvalue weighted by molar-refractivity contribution is 5.51. The van der Waals surface area contributed by atoms with Gasteiger partial charge in [-0.1, -0.05) is 26.8 Å². The van der Waals surface area contributed by atoms with Crippen LogP contribution in [0.4, 0.5) is 0 Å². The Kier molecular flexibility index (Phi) is 3.88. The van der Waals surface area contributed by atoms with Gasteiger partial charge in [-0.3, -0.25) is 0 Å². The van der Waals surface area contributed by atoms with Crippen LogP contribution < -0.4 is 0 Å². The van der Waals surface area contributed by atoms with Gasteiger partial charge in [0, 0.05) is 6.54 Å². The van der Waals surface area contributed by atoms with Crippen LogP contribution in [-0.4, -0.2) is 24.1 Å². The van der Waals surface area contributed by atoms with Crippen molar-refractivity contribution in [2.75, 3.05) is 14.1 Å². The van der Waals surface area contributed by atoms with Gasteiger partial charge >= 0.3 is 0 Å². The molecule has 1 aromatic carbocycles. The van der Waals surface area contributed by atoms with E-state index in [1.807, 2.05) is 6.92 Å². The van der Waals surface area contributed by atoms with Crippen molar-refractivity contribution in [1.29, 1.82) is 0 Å². The van der Waals surface area contributed by atoms with Gasteiger partial charge in [-0.25, -0.2) is 0 Å². The molecule has 0 atom stereocenters. The Bertz CT molecular complexity index is 414. The lowest BCUT2D eigenvalue weighted by Crippen LogP contribution is -2.16. The summed E-state index contributed by atoms with van der Waals surface area (Å²) in [6.07, 6.45) is 0. The molecular weight excluding hydrogens is 210 g/mol. The average Bonchev–Trinajstić information content (AvgIpc) is 2.16. The van der Waals surface area contributed by atoms with Crippen LogP contribution in [0.3, 0.4) is 0 Å². The zero-order valence-electron chi connectivity index (χ0n) is 12.2. The predicted molar refractivity (Wildman–Crippen MR) is 73.7 cm³/mol. The SMILES string of the molecule is Cc1c(CN(C)C)cc(C(C)(C)C)c(O)c1C. The Labute approximate surface area is 105 Å². The van der Waals surface area contributed by atoms with E-state index in [-0.39, 0.29) is 5.41 Å². The van der Waals surface area contributed by atoms with Gasteiger partial charge in [0.15, 0.2) is 0 Å². The Morgan fingerprint density at radius 2 is 1.65 bits per heavy atom. The van der Waals surface area contributed by atoms with Crippen LogP contribution in [0.1, 0.15) is 43.0 Å². The molecule has 0 aliphatic carbocycles. The maximum Gasteiger partial charge on any atom is 0.122 e. The molecule has 0 unspecified atom stereocenters. The molecule has 0 aliphatic heterocycles. The summed E-state index contributed by atoms with van der Waals surface area (Å²) in [5.41, 5.74) is 4.52. The van der Waals surface area contributed by atoms with Gasteiger partial charge in [-0.2, -0.15) is 0 Å².